The van der Waals surface area contributed by atoms with Crippen LogP contribution in [0.1, 0.15) is 29.5 Å². The van der Waals surface area contributed by atoms with Crippen LogP contribution in [0.4, 0.5) is 0 Å². The maximum absolute atomic E-state index is 11.5. The Balaban J connectivity index is 2.00. The summed E-state index contributed by atoms with van der Waals surface area (Å²) < 4.78 is 1.18. The number of hydrogen-bond donors (Lipinski definition) is 1. The zero-order chi connectivity index (χ0) is 11.8. The first-order valence-corrected chi connectivity index (χ1v) is 6.52. The topological polar surface area (TPSA) is 54.9 Å². The van der Waals surface area contributed by atoms with E-state index >= 15 is 0 Å². The second-order valence-electron chi connectivity index (χ2n) is 4.36. The third-order valence-corrected chi connectivity index (χ3v) is 4.46. The van der Waals surface area contributed by atoms with Crippen LogP contribution in [-0.4, -0.2) is 22.5 Å². The third kappa shape index (κ3) is 1.96. The van der Waals surface area contributed by atoms with E-state index in [2.05, 4.69) is 21.6 Å². The van der Waals surface area contributed by atoms with E-state index in [1.54, 1.807) is 17.5 Å². The summed E-state index contributed by atoms with van der Waals surface area (Å²) in [6, 6.07) is 2.30. The fraction of sp³-hybridized carbons (Fsp3) is 0.417. The van der Waals surface area contributed by atoms with E-state index < -0.39 is 0 Å². The van der Waals surface area contributed by atoms with Gasteiger partial charge >= 0.3 is 0 Å². The van der Waals surface area contributed by atoms with Gasteiger partial charge in [0.2, 0.25) is 0 Å². The number of nitrogens with zero attached hydrogens (tertiary/aromatic N) is 2. The average Bonchev–Trinajstić information content (AvgIpc) is 2.74. The molecule has 1 N–H and O–H groups in total. The number of carbonyl (C=O) groups excluding carboxylic acids is 1. The molecule has 3 rings (SSSR count). The summed E-state index contributed by atoms with van der Waals surface area (Å²) in [5, 5.41) is 12.5. The molecule has 0 aliphatic carbocycles. The van der Waals surface area contributed by atoms with E-state index in [9.17, 15) is 4.79 Å². The minimum absolute atomic E-state index is 0.174. The second-order valence-corrected chi connectivity index (χ2v) is 5.45. The van der Waals surface area contributed by atoms with Crippen molar-refractivity contribution in [1.82, 2.24) is 15.5 Å². The quantitative estimate of drug-likeness (QED) is 0.837. The fourth-order valence-electron chi connectivity index (χ4n) is 2.19. The minimum Gasteiger partial charge on any atom is -0.308 e. The number of fused-ring (bicyclic) bond motifs is 1. The first-order chi connectivity index (χ1) is 8.24. The van der Waals surface area contributed by atoms with Gasteiger partial charge in [-0.15, -0.1) is 11.3 Å². The Kier molecular flexibility index (Phi) is 2.64. The van der Waals surface area contributed by atoms with Crippen LogP contribution in [-0.2, 0) is 4.79 Å². The van der Waals surface area contributed by atoms with Gasteiger partial charge in [0.05, 0.1) is 16.6 Å². The molecule has 0 bridgehead atoms. The molecule has 0 saturated carbocycles. The zero-order valence-corrected chi connectivity index (χ0v) is 10.4. The van der Waals surface area contributed by atoms with Gasteiger partial charge in [-0.25, -0.2) is 0 Å². The molecule has 1 fully saturated rings. The Hall–Kier alpha value is -1.33. The molecule has 0 aromatic carbocycles. The number of aromatic nitrogens is 2. The van der Waals surface area contributed by atoms with Crippen LogP contribution < -0.4 is 5.32 Å². The smallest absolute Gasteiger partial charge is 0.136 e. The first kappa shape index (κ1) is 10.8. The summed E-state index contributed by atoms with van der Waals surface area (Å²) in [5.74, 6) is 0.346. The second kappa shape index (κ2) is 4.16. The molecule has 3 heterocycles. The summed E-state index contributed by atoms with van der Waals surface area (Å²) in [6.45, 7) is 2.75. The number of carbonyl (C=O) groups is 1. The molecule has 1 aliphatic heterocycles. The molecule has 1 saturated heterocycles. The number of hydrogen-bond acceptors (Lipinski definition) is 5. The lowest BCUT2D eigenvalue weighted by molar-refractivity contribution is -0.120. The van der Waals surface area contributed by atoms with Gasteiger partial charge in [-0.05, 0) is 13.0 Å². The molecule has 88 valence electrons. The molecule has 2 aromatic heterocycles. The highest BCUT2D eigenvalue weighted by atomic mass is 32.1. The van der Waals surface area contributed by atoms with E-state index in [0.717, 1.165) is 17.6 Å². The van der Waals surface area contributed by atoms with Crippen molar-refractivity contribution in [3.05, 3.63) is 22.8 Å². The monoisotopic (exact) mass is 247 g/mol. The molecular weight excluding hydrogens is 234 g/mol. The Labute approximate surface area is 103 Å². The Morgan fingerprint density at radius 3 is 3.18 bits per heavy atom. The zero-order valence-electron chi connectivity index (χ0n) is 9.56. The summed E-state index contributed by atoms with van der Waals surface area (Å²) >= 11 is 1.72. The van der Waals surface area contributed by atoms with Gasteiger partial charge in [-0.2, -0.15) is 10.2 Å². The number of rotatable bonds is 1. The largest absolute Gasteiger partial charge is 0.308 e. The van der Waals surface area contributed by atoms with E-state index in [1.807, 2.05) is 6.92 Å². The molecule has 5 heteroatoms. The van der Waals surface area contributed by atoms with E-state index in [-0.39, 0.29) is 6.04 Å². The summed E-state index contributed by atoms with van der Waals surface area (Å²) in [4.78, 5) is 12.7. The van der Waals surface area contributed by atoms with Crippen molar-refractivity contribution in [2.45, 2.75) is 25.8 Å². The van der Waals surface area contributed by atoms with Gasteiger partial charge in [0.25, 0.3) is 0 Å². The van der Waals surface area contributed by atoms with Crippen LogP contribution >= 0.6 is 11.3 Å². The van der Waals surface area contributed by atoms with Gasteiger partial charge < -0.3 is 5.32 Å². The lowest BCUT2D eigenvalue weighted by Crippen LogP contribution is -2.31. The molecule has 0 spiro atoms. The van der Waals surface area contributed by atoms with Crippen molar-refractivity contribution in [3.63, 3.8) is 0 Å². The molecular formula is C12H13N3OS. The molecule has 2 aromatic rings. The standard InChI is InChI=1S/C12H13N3OS/c1-7-12-8(6-14-15-7)4-11(17-12)10-5-9(16)2-3-13-10/h4,6,10,13H,2-3,5H2,1H3. The lowest BCUT2D eigenvalue weighted by Gasteiger charge is -2.21. The van der Waals surface area contributed by atoms with Gasteiger partial charge in [0, 0.05) is 35.7 Å². The summed E-state index contributed by atoms with van der Waals surface area (Å²) in [7, 11) is 0. The highest BCUT2D eigenvalue weighted by Crippen LogP contribution is 2.33. The minimum atomic E-state index is 0.174. The van der Waals surface area contributed by atoms with Crippen molar-refractivity contribution >= 4 is 27.2 Å². The summed E-state index contributed by atoms with van der Waals surface area (Å²) in [6.07, 6.45) is 3.04. The van der Waals surface area contributed by atoms with E-state index in [1.165, 1.54) is 9.58 Å². The SMILES string of the molecule is Cc1nncc2cc(C3CC(=O)CCN3)sc12. The highest BCUT2D eigenvalue weighted by molar-refractivity contribution is 7.19. The molecule has 1 aliphatic rings. The van der Waals surface area contributed by atoms with Crippen molar-refractivity contribution in [2.24, 2.45) is 0 Å². The molecule has 4 nitrogen and oxygen atoms in total. The van der Waals surface area contributed by atoms with Gasteiger partial charge in [-0.1, -0.05) is 0 Å². The van der Waals surface area contributed by atoms with Crippen LogP contribution in [0.25, 0.3) is 10.1 Å². The average molecular weight is 247 g/mol. The molecule has 0 amide bonds. The Bertz CT molecular complexity index is 578. The molecule has 0 radical (unpaired) electrons. The normalized spacial score (nSPS) is 21.0. The van der Waals surface area contributed by atoms with Crippen molar-refractivity contribution < 1.29 is 4.79 Å². The number of aryl methyl sites for hydroxylation is 1. The van der Waals surface area contributed by atoms with Gasteiger partial charge in [0.1, 0.15) is 5.78 Å². The first-order valence-electron chi connectivity index (χ1n) is 5.71. The van der Waals surface area contributed by atoms with Crippen LogP contribution in [0.2, 0.25) is 0 Å². The van der Waals surface area contributed by atoms with Crippen LogP contribution in [0, 0.1) is 6.92 Å². The number of ketones is 1. The maximum atomic E-state index is 11.5. The highest BCUT2D eigenvalue weighted by Gasteiger charge is 2.22. The number of nitrogens with one attached hydrogen (secondary N) is 1. The maximum Gasteiger partial charge on any atom is 0.136 e. The predicted molar refractivity (Wildman–Crippen MR) is 67.1 cm³/mol. The summed E-state index contributed by atoms with van der Waals surface area (Å²) in [5.41, 5.74) is 0.959. The fourth-order valence-corrected chi connectivity index (χ4v) is 3.34. The van der Waals surface area contributed by atoms with Gasteiger partial charge in [0.15, 0.2) is 0 Å². The van der Waals surface area contributed by atoms with E-state index in [0.29, 0.717) is 18.6 Å². The lowest BCUT2D eigenvalue weighted by atomic mass is 10.0. The van der Waals surface area contributed by atoms with E-state index in [4.69, 9.17) is 0 Å². The number of Topliss-reactive ketones (excluding diaryl/α,β-unsaturated/α-hetero) is 1. The van der Waals surface area contributed by atoms with Crippen molar-refractivity contribution in [1.29, 1.82) is 0 Å². The molecule has 1 atom stereocenters. The van der Waals surface area contributed by atoms with Crippen LogP contribution in [0.5, 0.6) is 0 Å². The van der Waals surface area contributed by atoms with Crippen molar-refractivity contribution in [2.75, 3.05) is 6.54 Å². The number of piperidine rings is 1. The van der Waals surface area contributed by atoms with Crippen LogP contribution in [0.3, 0.4) is 0 Å². The molecule has 17 heavy (non-hydrogen) atoms. The Morgan fingerprint density at radius 1 is 1.53 bits per heavy atom. The van der Waals surface area contributed by atoms with Crippen LogP contribution in [0.15, 0.2) is 12.3 Å². The Morgan fingerprint density at radius 2 is 2.41 bits per heavy atom. The third-order valence-electron chi connectivity index (χ3n) is 3.08. The molecule has 1 unspecified atom stereocenters. The van der Waals surface area contributed by atoms with Crippen molar-refractivity contribution in [3.8, 4) is 0 Å². The number of thiophene rings is 1. The predicted octanol–water partition coefficient (Wildman–Crippen LogP) is 1.99. The van der Waals surface area contributed by atoms with Gasteiger partial charge in [-0.3, -0.25) is 4.79 Å².